The van der Waals surface area contributed by atoms with Crippen LogP contribution in [0, 0.1) is 0 Å². The van der Waals surface area contributed by atoms with Crippen molar-refractivity contribution in [2.24, 2.45) is 0 Å². The Morgan fingerprint density at radius 3 is 2.89 bits per heavy atom. The molecule has 1 N–H and O–H groups in total. The van der Waals surface area contributed by atoms with Crippen LogP contribution in [0.3, 0.4) is 0 Å². The highest BCUT2D eigenvalue weighted by Gasteiger charge is 2.14. The average Bonchev–Trinajstić information content (AvgIpc) is 3.16. The van der Waals surface area contributed by atoms with E-state index in [-0.39, 0.29) is 5.91 Å². The molecule has 2 heterocycles. The minimum absolute atomic E-state index is 0.0109. The first-order chi connectivity index (χ1) is 13.6. The minimum Gasteiger partial charge on any atom is -0.385 e. The Bertz CT molecular complexity index is 756. The molecule has 0 aliphatic carbocycles. The topological polar surface area (TPSA) is 57.7 Å². The number of benzene rings is 1. The zero-order valence-corrected chi connectivity index (χ0v) is 17.6. The van der Waals surface area contributed by atoms with E-state index < -0.39 is 0 Å². The Morgan fingerprint density at radius 2 is 2.11 bits per heavy atom. The van der Waals surface area contributed by atoms with Gasteiger partial charge in [0.05, 0.1) is 12.1 Å². The molecule has 1 aromatic carbocycles. The SMILES string of the molecule is COCCCNC(=O)Cc1csc(-c2cccc(CN3CCN(C)CC3)c2)n1. The summed E-state index contributed by atoms with van der Waals surface area (Å²) in [4.78, 5) is 21.6. The third-order valence-corrected chi connectivity index (χ3v) is 5.86. The zero-order chi connectivity index (χ0) is 19.8. The van der Waals surface area contributed by atoms with Gasteiger partial charge in [-0.25, -0.2) is 4.98 Å². The van der Waals surface area contributed by atoms with Crippen molar-refractivity contribution in [3.8, 4) is 10.6 Å². The number of hydrogen-bond donors (Lipinski definition) is 1. The molecule has 0 radical (unpaired) electrons. The highest BCUT2D eigenvalue weighted by Crippen LogP contribution is 2.25. The lowest BCUT2D eigenvalue weighted by Crippen LogP contribution is -2.43. The van der Waals surface area contributed by atoms with Crippen molar-refractivity contribution in [2.45, 2.75) is 19.4 Å². The quantitative estimate of drug-likeness (QED) is 0.652. The van der Waals surface area contributed by atoms with E-state index in [4.69, 9.17) is 4.74 Å². The summed E-state index contributed by atoms with van der Waals surface area (Å²) in [6.45, 7) is 6.75. The van der Waals surface area contributed by atoms with Crippen molar-refractivity contribution in [1.29, 1.82) is 0 Å². The van der Waals surface area contributed by atoms with Crippen molar-refractivity contribution in [3.63, 3.8) is 0 Å². The molecule has 6 nitrogen and oxygen atoms in total. The lowest BCUT2D eigenvalue weighted by atomic mass is 10.1. The molecule has 0 bridgehead atoms. The number of carbonyl (C=O) groups excluding carboxylic acids is 1. The monoisotopic (exact) mass is 402 g/mol. The lowest BCUT2D eigenvalue weighted by molar-refractivity contribution is -0.120. The molecule has 2 aromatic rings. The van der Waals surface area contributed by atoms with Crippen LogP contribution >= 0.6 is 11.3 Å². The van der Waals surface area contributed by atoms with E-state index in [1.54, 1.807) is 18.4 Å². The molecule has 3 rings (SSSR count). The number of rotatable bonds is 9. The Balaban J connectivity index is 1.55. The largest absolute Gasteiger partial charge is 0.385 e. The molecular weight excluding hydrogens is 372 g/mol. The number of hydrogen-bond acceptors (Lipinski definition) is 6. The number of likely N-dealkylation sites (N-methyl/N-ethyl adjacent to an activating group) is 1. The molecule has 7 heteroatoms. The van der Waals surface area contributed by atoms with Gasteiger partial charge in [-0.2, -0.15) is 0 Å². The first-order valence-corrected chi connectivity index (χ1v) is 10.7. The second-order valence-corrected chi connectivity index (χ2v) is 8.15. The number of amides is 1. The summed E-state index contributed by atoms with van der Waals surface area (Å²) in [7, 11) is 3.84. The molecule has 1 amide bonds. The molecule has 1 aliphatic heterocycles. The molecule has 0 atom stereocenters. The highest BCUT2D eigenvalue weighted by molar-refractivity contribution is 7.13. The van der Waals surface area contributed by atoms with Gasteiger partial charge in [-0.3, -0.25) is 9.69 Å². The Labute approximate surface area is 171 Å². The van der Waals surface area contributed by atoms with Gasteiger partial charge in [0.2, 0.25) is 5.91 Å². The Kier molecular flexibility index (Phi) is 7.97. The number of methoxy groups -OCH3 is 1. The van der Waals surface area contributed by atoms with Gasteiger partial charge in [-0.15, -0.1) is 11.3 Å². The van der Waals surface area contributed by atoms with Gasteiger partial charge in [-0.1, -0.05) is 18.2 Å². The van der Waals surface area contributed by atoms with Gasteiger partial charge in [0.25, 0.3) is 0 Å². The Hall–Kier alpha value is -1.80. The number of aromatic nitrogens is 1. The number of nitrogens with one attached hydrogen (secondary N) is 1. The number of ether oxygens (including phenoxy) is 1. The predicted molar refractivity (Wildman–Crippen MR) is 114 cm³/mol. The summed E-state index contributed by atoms with van der Waals surface area (Å²) in [5, 5.41) is 5.87. The molecule has 1 aliphatic rings. The van der Waals surface area contributed by atoms with E-state index in [9.17, 15) is 4.79 Å². The maximum Gasteiger partial charge on any atom is 0.226 e. The van der Waals surface area contributed by atoms with Crippen LogP contribution in [-0.2, 0) is 22.5 Å². The van der Waals surface area contributed by atoms with E-state index >= 15 is 0 Å². The molecule has 0 spiro atoms. The summed E-state index contributed by atoms with van der Waals surface area (Å²) >= 11 is 1.60. The molecule has 0 saturated carbocycles. The normalized spacial score (nSPS) is 15.6. The summed E-state index contributed by atoms with van der Waals surface area (Å²) in [5.41, 5.74) is 3.27. The van der Waals surface area contributed by atoms with Gasteiger partial charge in [0.15, 0.2) is 0 Å². The summed E-state index contributed by atoms with van der Waals surface area (Å²) < 4.78 is 4.99. The molecule has 1 saturated heterocycles. The summed E-state index contributed by atoms with van der Waals surface area (Å²) in [5.74, 6) is 0.0109. The molecular formula is C21H30N4O2S. The van der Waals surface area contributed by atoms with E-state index in [1.165, 1.54) is 5.56 Å². The smallest absolute Gasteiger partial charge is 0.226 e. The predicted octanol–water partition coefficient (Wildman–Crippen LogP) is 2.25. The molecule has 1 fully saturated rings. The molecule has 152 valence electrons. The van der Waals surface area contributed by atoms with Gasteiger partial charge >= 0.3 is 0 Å². The van der Waals surface area contributed by atoms with E-state index in [0.717, 1.165) is 55.4 Å². The number of nitrogens with zero attached hydrogens (tertiary/aromatic N) is 3. The van der Waals surface area contributed by atoms with Crippen LogP contribution in [0.4, 0.5) is 0 Å². The van der Waals surface area contributed by atoms with Crippen molar-refractivity contribution in [3.05, 3.63) is 40.9 Å². The summed E-state index contributed by atoms with van der Waals surface area (Å²) in [6, 6.07) is 8.61. The number of piperazine rings is 1. The number of thiazole rings is 1. The van der Waals surface area contributed by atoms with Gasteiger partial charge in [-0.05, 0) is 25.1 Å². The van der Waals surface area contributed by atoms with E-state index in [2.05, 4.69) is 51.4 Å². The van der Waals surface area contributed by atoms with Gasteiger partial charge in [0.1, 0.15) is 5.01 Å². The fraction of sp³-hybridized carbons (Fsp3) is 0.524. The third-order valence-electron chi connectivity index (χ3n) is 4.92. The van der Waals surface area contributed by atoms with Crippen LogP contribution in [0.2, 0.25) is 0 Å². The second-order valence-electron chi connectivity index (χ2n) is 7.30. The zero-order valence-electron chi connectivity index (χ0n) is 16.8. The van der Waals surface area contributed by atoms with Crippen LogP contribution in [0.25, 0.3) is 10.6 Å². The molecule has 1 aromatic heterocycles. The first kappa shape index (κ1) is 20.9. The van der Waals surface area contributed by atoms with Crippen LogP contribution < -0.4 is 5.32 Å². The van der Waals surface area contributed by atoms with Crippen LogP contribution in [0.5, 0.6) is 0 Å². The fourth-order valence-electron chi connectivity index (χ4n) is 3.26. The third kappa shape index (κ3) is 6.38. The van der Waals surface area contributed by atoms with E-state index in [0.29, 0.717) is 19.6 Å². The van der Waals surface area contributed by atoms with Gasteiger partial charge in [0, 0.05) is 63.9 Å². The molecule has 0 unspecified atom stereocenters. The average molecular weight is 403 g/mol. The maximum atomic E-state index is 12.0. The maximum absolute atomic E-state index is 12.0. The van der Waals surface area contributed by atoms with Crippen LogP contribution in [0.1, 0.15) is 17.7 Å². The Morgan fingerprint density at radius 1 is 1.29 bits per heavy atom. The van der Waals surface area contributed by atoms with Crippen molar-refractivity contribution >= 4 is 17.2 Å². The lowest BCUT2D eigenvalue weighted by Gasteiger charge is -2.32. The highest BCUT2D eigenvalue weighted by atomic mass is 32.1. The van der Waals surface area contributed by atoms with Crippen molar-refractivity contribution < 1.29 is 9.53 Å². The van der Waals surface area contributed by atoms with Crippen molar-refractivity contribution in [1.82, 2.24) is 20.1 Å². The van der Waals surface area contributed by atoms with Crippen molar-refractivity contribution in [2.75, 3.05) is 53.5 Å². The summed E-state index contributed by atoms with van der Waals surface area (Å²) in [6.07, 6.45) is 1.15. The minimum atomic E-state index is 0.0109. The van der Waals surface area contributed by atoms with E-state index in [1.807, 2.05) is 5.38 Å². The fourth-order valence-corrected chi connectivity index (χ4v) is 4.08. The van der Waals surface area contributed by atoms with Crippen LogP contribution in [-0.4, -0.2) is 74.2 Å². The van der Waals surface area contributed by atoms with Gasteiger partial charge < -0.3 is 15.0 Å². The van der Waals surface area contributed by atoms with Crippen LogP contribution in [0.15, 0.2) is 29.6 Å². The standard InChI is InChI=1S/C21H30N4O2S/c1-24-8-10-25(11-9-24)15-17-5-3-6-18(13-17)21-23-19(16-28-21)14-20(26)22-7-4-12-27-2/h3,5-6,13,16H,4,7-12,14-15H2,1-2H3,(H,22,26). The second kappa shape index (κ2) is 10.7. The first-order valence-electron chi connectivity index (χ1n) is 9.84. The molecule has 28 heavy (non-hydrogen) atoms. The number of carbonyl (C=O) groups is 1.